The molecule has 0 bridgehead atoms. The smallest absolute Gasteiger partial charge is 0.231 e. The lowest BCUT2D eigenvalue weighted by atomic mass is 10.0. The van der Waals surface area contributed by atoms with Crippen molar-refractivity contribution >= 4 is 32.4 Å². The predicted octanol–water partition coefficient (Wildman–Crippen LogP) is 3.71. The van der Waals surface area contributed by atoms with Gasteiger partial charge in [0.05, 0.1) is 30.4 Å². The van der Waals surface area contributed by atoms with Crippen LogP contribution in [0.25, 0.3) is 32.4 Å². The first-order valence-electron chi connectivity index (χ1n) is 8.01. The topological polar surface area (TPSA) is 51.1 Å². The van der Waals surface area contributed by atoms with E-state index < -0.39 is 0 Å². The van der Waals surface area contributed by atoms with Crippen molar-refractivity contribution in [1.82, 2.24) is 0 Å². The van der Waals surface area contributed by atoms with E-state index in [0.29, 0.717) is 5.75 Å². The molecule has 2 heterocycles. The SMILES string of the molecule is COc1ccc2c(c[nH+]c3c4cc5c(cc4ccc23)OCO5)c1OC. The molecule has 0 atom stereocenters. The third-order valence-electron chi connectivity index (χ3n) is 4.75. The Morgan fingerprint density at radius 1 is 0.840 bits per heavy atom. The highest BCUT2D eigenvalue weighted by molar-refractivity contribution is 6.15. The summed E-state index contributed by atoms with van der Waals surface area (Å²) in [5, 5.41) is 5.40. The molecule has 0 spiro atoms. The number of hydrogen-bond donors (Lipinski definition) is 0. The lowest BCUT2D eigenvalue weighted by Gasteiger charge is -2.10. The Labute approximate surface area is 143 Å². The lowest BCUT2D eigenvalue weighted by molar-refractivity contribution is -0.341. The van der Waals surface area contributed by atoms with Crippen molar-refractivity contribution in [3.8, 4) is 23.0 Å². The quantitative estimate of drug-likeness (QED) is 0.525. The largest absolute Gasteiger partial charge is 0.493 e. The van der Waals surface area contributed by atoms with E-state index in [9.17, 15) is 0 Å². The summed E-state index contributed by atoms with van der Waals surface area (Å²) in [7, 11) is 3.30. The maximum atomic E-state index is 5.56. The van der Waals surface area contributed by atoms with Gasteiger partial charge in [-0.25, -0.2) is 4.98 Å². The molecule has 5 nitrogen and oxygen atoms in total. The van der Waals surface area contributed by atoms with Gasteiger partial charge in [0.1, 0.15) is 0 Å². The number of rotatable bonds is 2. The molecule has 0 radical (unpaired) electrons. The average Bonchev–Trinajstić information content (AvgIpc) is 3.11. The fourth-order valence-corrected chi connectivity index (χ4v) is 3.57. The van der Waals surface area contributed by atoms with Gasteiger partial charge < -0.3 is 18.9 Å². The zero-order valence-electron chi connectivity index (χ0n) is 13.9. The Bertz CT molecular complexity index is 1150. The molecule has 1 aromatic heterocycles. The van der Waals surface area contributed by atoms with Gasteiger partial charge in [-0.1, -0.05) is 6.07 Å². The third-order valence-corrected chi connectivity index (χ3v) is 4.75. The summed E-state index contributed by atoms with van der Waals surface area (Å²) in [5.41, 5.74) is 1.05. The number of hydrogen-bond acceptors (Lipinski definition) is 4. The van der Waals surface area contributed by atoms with Gasteiger partial charge >= 0.3 is 0 Å². The Morgan fingerprint density at radius 3 is 2.44 bits per heavy atom. The van der Waals surface area contributed by atoms with E-state index in [1.807, 2.05) is 24.4 Å². The van der Waals surface area contributed by atoms with Crippen molar-refractivity contribution in [2.24, 2.45) is 0 Å². The third kappa shape index (κ3) is 1.92. The second kappa shape index (κ2) is 5.14. The van der Waals surface area contributed by atoms with E-state index in [-0.39, 0.29) is 6.79 Å². The second-order valence-corrected chi connectivity index (χ2v) is 5.97. The summed E-state index contributed by atoms with van der Waals surface area (Å²) < 4.78 is 22.0. The van der Waals surface area contributed by atoms with Gasteiger partial charge in [0, 0.05) is 5.39 Å². The number of aromatic nitrogens is 1. The van der Waals surface area contributed by atoms with Gasteiger partial charge in [-0.15, -0.1) is 0 Å². The van der Waals surface area contributed by atoms with E-state index >= 15 is 0 Å². The minimum atomic E-state index is 0.271. The van der Waals surface area contributed by atoms with Gasteiger partial charge in [-0.3, -0.25) is 0 Å². The molecule has 3 aromatic carbocycles. The van der Waals surface area contributed by atoms with E-state index in [2.05, 4.69) is 23.2 Å². The van der Waals surface area contributed by atoms with Gasteiger partial charge in [-0.05, 0) is 35.7 Å². The highest BCUT2D eigenvalue weighted by Gasteiger charge is 2.20. The van der Waals surface area contributed by atoms with Crippen LogP contribution in [0.2, 0.25) is 0 Å². The minimum absolute atomic E-state index is 0.271. The van der Waals surface area contributed by atoms with Crippen LogP contribution in [0, 0.1) is 0 Å². The Hall–Kier alpha value is -3.21. The van der Waals surface area contributed by atoms with Crippen molar-refractivity contribution in [1.29, 1.82) is 0 Å². The zero-order valence-corrected chi connectivity index (χ0v) is 13.9. The highest BCUT2D eigenvalue weighted by atomic mass is 16.7. The number of nitrogens with one attached hydrogen (secondary N) is 1. The molecule has 0 fully saturated rings. The Kier molecular flexibility index (Phi) is 2.91. The number of fused-ring (bicyclic) bond motifs is 6. The monoisotopic (exact) mass is 334 g/mol. The summed E-state index contributed by atoms with van der Waals surface area (Å²) in [6, 6.07) is 12.3. The molecule has 124 valence electrons. The maximum absolute atomic E-state index is 5.56. The van der Waals surface area contributed by atoms with Crippen LogP contribution in [0.4, 0.5) is 0 Å². The standard InChI is InChI=1S/C20H15NO4/c1-22-16-6-5-12-13-4-3-11-7-17-18(25-10-24-17)8-14(11)19(13)21-9-15(12)20(16)23-2/h3-9H,10H2,1-2H3/p+1. The van der Waals surface area contributed by atoms with Crippen molar-refractivity contribution in [3.05, 3.63) is 42.6 Å². The predicted molar refractivity (Wildman–Crippen MR) is 94.7 cm³/mol. The van der Waals surface area contributed by atoms with Gasteiger partial charge in [0.25, 0.3) is 0 Å². The van der Waals surface area contributed by atoms with Crippen LogP contribution in [0.5, 0.6) is 23.0 Å². The summed E-state index contributed by atoms with van der Waals surface area (Å²) in [6.07, 6.45) is 1.96. The van der Waals surface area contributed by atoms with Crippen LogP contribution in [0.1, 0.15) is 0 Å². The molecule has 0 aliphatic carbocycles. The van der Waals surface area contributed by atoms with Gasteiger partial charge in [-0.2, -0.15) is 0 Å². The summed E-state index contributed by atoms with van der Waals surface area (Å²) in [4.78, 5) is 3.42. The molecular formula is C20H16NO4+. The maximum Gasteiger partial charge on any atom is 0.231 e. The van der Waals surface area contributed by atoms with E-state index in [1.165, 1.54) is 0 Å². The Balaban J connectivity index is 1.89. The molecule has 0 amide bonds. The summed E-state index contributed by atoms with van der Waals surface area (Å²) >= 11 is 0. The van der Waals surface area contributed by atoms with Crippen molar-refractivity contribution in [2.75, 3.05) is 21.0 Å². The van der Waals surface area contributed by atoms with Crippen LogP contribution < -0.4 is 23.9 Å². The first-order chi connectivity index (χ1) is 12.3. The number of pyridine rings is 1. The summed E-state index contributed by atoms with van der Waals surface area (Å²) in [5.74, 6) is 3.01. The summed E-state index contributed by atoms with van der Waals surface area (Å²) in [6.45, 7) is 0.271. The first kappa shape index (κ1) is 14.2. The van der Waals surface area contributed by atoms with E-state index in [4.69, 9.17) is 18.9 Å². The molecule has 5 rings (SSSR count). The number of methoxy groups -OCH3 is 2. The molecule has 1 aliphatic rings. The van der Waals surface area contributed by atoms with Crippen LogP contribution in [0.15, 0.2) is 42.6 Å². The molecule has 5 heteroatoms. The molecule has 4 aromatic rings. The molecule has 1 N–H and O–H groups in total. The van der Waals surface area contributed by atoms with Crippen LogP contribution in [-0.4, -0.2) is 21.0 Å². The number of benzene rings is 3. The molecule has 0 saturated heterocycles. The van der Waals surface area contributed by atoms with Crippen LogP contribution in [0.3, 0.4) is 0 Å². The lowest BCUT2D eigenvalue weighted by Crippen LogP contribution is -2.05. The number of aromatic amines is 1. The molecule has 0 saturated carbocycles. The van der Waals surface area contributed by atoms with Gasteiger partial charge in [0.2, 0.25) is 12.3 Å². The molecular weight excluding hydrogens is 318 g/mol. The van der Waals surface area contributed by atoms with E-state index in [0.717, 1.165) is 49.7 Å². The van der Waals surface area contributed by atoms with Crippen molar-refractivity contribution in [3.63, 3.8) is 0 Å². The van der Waals surface area contributed by atoms with Gasteiger partial charge in [0.15, 0.2) is 29.2 Å². The van der Waals surface area contributed by atoms with E-state index in [1.54, 1.807) is 14.2 Å². The van der Waals surface area contributed by atoms with Crippen molar-refractivity contribution < 1.29 is 23.9 Å². The van der Waals surface area contributed by atoms with Crippen LogP contribution in [-0.2, 0) is 0 Å². The molecule has 25 heavy (non-hydrogen) atoms. The number of H-pyrrole nitrogens is 1. The first-order valence-corrected chi connectivity index (χ1v) is 8.01. The van der Waals surface area contributed by atoms with Crippen LogP contribution >= 0.6 is 0 Å². The number of ether oxygens (including phenoxy) is 4. The fraction of sp³-hybridized carbons (Fsp3) is 0.150. The average molecular weight is 334 g/mol. The minimum Gasteiger partial charge on any atom is -0.493 e. The van der Waals surface area contributed by atoms with Crippen molar-refractivity contribution in [2.45, 2.75) is 0 Å². The Morgan fingerprint density at radius 2 is 1.64 bits per heavy atom. The molecule has 1 aliphatic heterocycles. The second-order valence-electron chi connectivity index (χ2n) is 5.97. The zero-order chi connectivity index (χ0) is 17.0. The highest BCUT2D eigenvalue weighted by Crippen LogP contribution is 2.41. The molecule has 0 unspecified atom stereocenters. The normalized spacial score (nSPS) is 12.9. The fourth-order valence-electron chi connectivity index (χ4n) is 3.57.